The van der Waals surface area contributed by atoms with Gasteiger partial charge in [0.1, 0.15) is 0 Å². The normalized spacial score (nSPS) is 25.9. The molecule has 1 saturated carbocycles. The second kappa shape index (κ2) is 9.35. The Morgan fingerprint density at radius 3 is 2.19 bits per heavy atom. The summed E-state index contributed by atoms with van der Waals surface area (Å²) < 4.78 is 0. The fourth-order valence-corrected chi connectivity index (χ4v) is 6.01. The van der Waals surface area contributed by atoms with Crippen LogP contribution in [0.4, 0.5) is 4.79 Å². The van der Waals surface area contributed by atoms with Gasteiger partial charge in [0.25, 0.3) is 5.91 Å². The van der Waals surface area contributed by atoms with E-state index in [1.54, 1.807) is 0 Å². The second-order valence-corrected chi connectivity index (χ2v) is 9.57. The number of piperidine rings is 1. The molecule has 3 amide bonds. The Labute approximate surface area is 190 Å². The lowest BCUT2D eigenvalue weighted by molar-refractivity contribution is 0.0705. The highest BCUT2D eigenvalue weighted by Crippen LogP contribution is 2.44. The number of carbonyl (C=O) groups is 2. The van der Waals surface area contributed by atoms with Gasteiger partial charge in [0.05, 0.1) is 0 Å². The highest BCUT2D eigenvalue weighted by molar-refractivity contribution is 5.94. The van der Waals surface area contributed by atoms with Gasteiger partial charge in [-0.2, -0.15) is 0 Å². The summed E-state index contributed by atoms with van der Waals surface area (Å²) in [5.74, 6) is 1.10. The topological polar surface area (TPSA) is 52.7 Å². The van der Waals surface area contributed by atoms with E-state index in [4.69, 9.17) is 0 Å². The van der Waals surface area contributed by atoms with Crippen LogP contribution in [-0.2, 0) is 0 Å². The van der Waals surface area contributed by atoms with Crippen LogP contribution in [0.1, 0.15) is 60.4 Å². The van der Waals surface area contributed by atoms with Crippen molar-refractivity contribution in [3.05, 3.63) is 71.8 Å². The maximum Gasteiger partial charge on any atom is 0.317 e. The van der Waals surface area contributed by atoms with Crippen molar-refractivity contribution in [3.63, 3.8) is 0 Å². The second-order valence-electron chi connectivity index (χ2n) is 9.57. The number of likely N-dealkylation sites (tertiary alicyclic amines) is 2. The van der Waals surface area contributed by atoms with Crippen LogP contribution in [0.2, 0.25) is 0 Å². The fraction of sp³-hybridized carbons (Fsp3) is 0.481. The number of hydrogen-bond acceptors (Lipinski definition) is 2. The molecule has 168 valence electrons. The van der Waals surface area contributed by atoms with Crippen molar-refractivity contribution in [1.29, 1.82) is 0 Å². The highest BCUT2D eigenvalue weighted by atomic mass is 16.2. The van der Waals surface area contributed by atoms with E-state index >= 15 is 0 Å². The van der Waals surface area contributed by atoms with E-state index < -0.39 is 0 Å². The molecule has 1 aliphatic carbocycles. The average molecular weight is 432 g/mol. The Kier molecular flexibility index (Phi) is 6.15. The van der Waals surface area contributed by atoms with E-state index in [1.165, 1.54) is 24.8 Å². The molecule has 0 aromatic heterocycles. The van der Waals surface area contributed by atoms with Crippen molar-refractivity contribution in [2.24, 2.45) is 5.92 Å². The molecule has 2 aromatic rings. The van der Waals surface area contributed by atoms with Gasteiger partial charge in [0, 0.05) is 43.2 Å². The third-order valence-corrected chi connectivity index (χ3v) is 7.71. The largest absolute Gasteiger partial charge is 0.338 e. The van der Waals surface area contributed by atoms with E-state index in [0.29, 0.717) is 31.0 Å². The zero-order valence-electron chi connectivity index (χ0n) is 18.7. The Morgan fingerprint density at radius 2 is 1.47 bits per heavy atom. The maximum atomic E-state index is 13.3. The van der Waals surface area contributed by atoms with Gasteiger partial charge in [-0.15, -0.1) is 0 Å². The van der Waals surface area contributed by atoms with Gasteiger partial charge in [-0.05, 0) is 49.3 Å². The summed E-state index contributed by atoms with van der Waals surface area (Å²) in [7, 11) is 0. The zero-order chi connectivity index (χ0) is 21.9. The summed E-state index contributed by atoms with van der Waals surface area (Å²) in [6, 6.07) is 20.8. The molecule has 2 heterocycles. The van der Waals surface area contributed by atoms with E-state index in [2.05, 4.69) is 40.5 Å². The monoisotopic (exact) mass is 431 g/mol. The first-order valence-electron chi connectivity index (χ1n) is 12.2. The zero-order valence-corrected chi connectivity index (χ0v) is 18.7. The third-order valence-electron chi connectivity index (χ3n) is 7.71. The molecule has 5 rings (SSSR count). The number of nitrogens with zero attached hydrogens (tertiary/aromatic N) is 2. The minimum Gasteiger partial charge on any atom is -0.338 e. The summed E-state index contributed by atoms with van der Waals surface area (Å²) in [4.78, 5) is 30.1. The Morgan fingerprint density at radius 1 is 0.812 bits per heavy atom. The summed E-state index contributed by atoms with van der Waals surface area (Å²) >= 11 is 0. The molecule has 1 N–H and O–H groups in total. The van der Waals surface area contributed by atoms with E-state index in [-0.39, 0.29) is 18.0 Å². The molecule has 0 spiro atoms. The Bertz CT molecular complexity index is 924. The minimum absolute atomic E-state index is 0.0886. The lowest BCUT2D eigenvalue weighted by atomic mass is 9.77. The predicted molar refractivity (Wildman–Crippen MR) is 126 cm³/mol. The number of rotatable bonds is 3. The molecular weight excluding hydrogens is 398 g/mol. The van der Waals surface area contributed by atoms with Crippen LogP contribution in [0.5, 0.6) is 0 Å². The van der Waals surface area contributed by atoms with E-state index in [1.807, 2.05) is 35.2 Å². The van der Waals surface area contributed by atoms with Crippen LogP contribution in [0.15, 0.2) is 60.7 Å². The molecule has 0 bridgehead atoms. The van der Waals surface area contributed by atoms with Crippen LogP contribution in [0.3, 0.4) is 0 Å². The fourth-order valence-electron chi connectivity index (χ4n) is 6.01. The molecule has 2 saturated heterocycles. The molecule has 2 aliphatic heterocycles. The molecular formula is C27H33N3O2. The molecule has 5 heteroatoms. The number of carbonyl (C=O) groups excluding carboxylic acids is 2. The van der Waals surface area contributed by atoms with Crippen LogP contribution in [0.25, 0.3) is 0 Å². The number of fused-ring (bicyclic) bond motifs is 1. The van der Waals surface area contributed by atoms with Crippen LogP contribution < -0.4 is 5.32 Å². The number of amides is 3. The van der Waals surface area contributed by atoms with Gasteiger partial charge < -0.3 is 15.1 Å². The van der Waals surface area contributed by atoms with E-state index in [9.17, 15) is 9.59 Å². The van der Waals surface area contributed by atoms with Gasteiger partial charge in [0.15, 0.2) is 0 Å². The minimum atomic E-state index is 0.0886. The first kappa shape index (κ1) is 21.0. The summed E-state index contributed by atoms with van der Waals surface area (Å²) in [6.45, 7) is 2.20. The molecule has 3 atom stereocenters. The molecule has 3 fully saturated rings. The summed E-state index contributed by atoms with van der Waals surface area (Å²) in [5, 5.41) is 3.31. The first-order chi connectivity index (χ1) is 15.7. The molecule has 3 aliphatic rings. The first-order valence-corrected chi connectivity index (χ1v) is 12.2. The van der Waals surface area contributed by atoms with Gasteiger partial charge in [0.2, 0.25) is 0 Å². The lowest BCUT2D eigenvalue weighted by Gasteiger charge is -2.36. The molecule has 2 aromatic carbocycles. The van der Waals surface area contributed by atoms with E-state index in [0.717, 1.165) is 31.4 Å². The van der Waals surface area contributed by atoms with Crippen molar-refractivity contribution in [2.75, 3.05) is 19.6 Å². The summed E-state index contributed by atoms with van der Waals surface area (Å²) in [5.41, 5.74) is 2.11. The van der Waals surface area contributed by atoms with Crippen molar-refractivity contribution in [3.8, 4) is 0 Å². The number of hydrogen-bond donors (Lipinski definition) is 1. The molecule has 0 radical (unpaired) electrons. The van der Waals surface area contributed by atoms with Gasteiger partial charge in [-0.25, -0.2) is 4.79 Å². The maximum absolute atomic E-state index is 13.3. The standard InChI is InChI=1S/C27H33N3O2/c31-26(21-11-5-2-6-12-21)29-17-15-22(16-18-29)28-27(32)30-19-24(20-9-3-1-4-10-20)23-13-7-8-14-25(23)30/h1-6,9-12,22-25H,7-8,13-19H2,(H,28,32). The van der Waals surface area contributed by atoms with Crippen LogP contribution in [-0.4, -0.2) is 53.5 Å². The van der Waals surface area contributed by atoms with Crippen molar-refractivity contribution in [1.82, 2.24) is 15.1 Å². The van der Waals surface area contributed by atoms with Crippen molar-refractivity contribution in [2.45, 2.75) is 56.5 Å². The predicted octanol–water partition coefficient (Wildman–Crippen LogP) is 4.66. The Hall–Kier alpha value is -2.82. The van der Waals surface area contributed by atoms with Crippen LogP contribution >= 0.6 is 0 Å². The quantitative estimate of drug-likeness (QED) is 0.769. The smallest absolute Gasteiger partial charge is 0.317 e. The molecule has 5 nitrogen and oxygen atoms in total. The highest BCUT2D eigenvalue weighted by Gasteiger charge is 2.45. The third kappa shape index (κ3) is 4.25. The van der Waals surface area contributed by atoms with Crippen molar-refractivity contribution >= 4 is 11.9 Å². The average Bonchev–Trinajstić information content (AvgIpc) is 3.25. The van der Waals surface area contributed by atoms with Gasteiger partial charge in [-0.1, -0.05) is 61.4 Å². The number of urea groups is 1. The molecule has 32 heavy (non-hydrogen) atoms. The van der Waals surface area contributed by atoms with Gasteiger partial charge >= 0.3 is 6.03 Å². The lowest BCUT2D eigenvalue weighted by Crippen LogP contribution is -2.51. The number of nitrogens with one attached hydrogen (secondary N) is 1. The SMILES string of the molecule is O=C(c1ccccc1)N1CCC(NC(=O)N2CC(c3ccccc3)C3CCCCC32)CC1. The molecule has 3 unspecified atom stereocenters. The van der Waals surface area contributed by atoms with Crippen LogP contribution in [0, 0.1) is 5.92 Å². The Balaban J connectivity index is 1.19. The summed E-state index contributed by atoms with van der Waals surface area (Å²) in [6.07, 6.45) is 6.45. The van der Waals surface area contributed by atoms with Crippen molar-refractivity contribution < 1.29 is 9.59 Å². The number of benzene rings is 2. The van der Waals surface area contributed by atoms with Gasteiger partial charge in [-0.3, -0.25) is 4.79 Å².